The van der Waals surface area contributed by atoms with Crippen molar-refractivity contribution in [1.29, 1.82) is 0 Å². The third kappa shape index (κ3) is 4.75. The normalized spacial score (nSPS) is 14.9. The third-order valence-electron chi connectivity index (χ3n) is 2.84. The first kappa shape index (κ1) is 12.4. The molecule has 0 heterocycles. The predicted molar refractivity (Wildman–Crippen MR) is 68.0 cm³/mol. The average Bonchev–Trinajstić information content (AvgIpc) is 3.17. The van der Waals surface area contributed by atoms with Gasteiger partial charge < -0.3 is 14.8 Å². The summed E-state index contributed by atoms with van der Waals surface area (Å²) >= 11 is 0. The van der Waals surface area contributed by atoms with E-state index in [9.17, 15) is 0 Å². The maximum Gasteiger partial charge on any atom is 0.189 e. The molecule has 0 aliphatic heterocycles. The summed E-state index contributed by atoms with van der Waals surface area (Å²) in [4.78, 5) is 0. The van der Waals surface area contributed by atoms with Crippen LogP contribution in [0.25, 0.3) is 0 Å². The van der Waals surface area contributed by atoms with Crippen molar-refractivity contribution in [3.05, 3.63) is 29.8 Å². The molecule has 1 N–H and O–H groups in total. The molecule has 3 heteroatoms. The number of ether oxygens (including phenoxy) is 2. The molecule has 1 aromatic rings. The Hall–Kier alpha value is -1.06. The molecule has 0 spiro atoms. The minimum atomic E-state index is 0.362. The molecule has 1 aliphatic carbocycles. The van der Waals surface area contributed by atoms with Gasteiger partial charge in [-0.3, -0.25) is 0 Å². The fraction of sp³-hybridized carbons (Fsp3) is 0.571. The molecule has 0 atom stereocenters. The van der Waals surface area contributed by atoms with E-state index in [1.165, 1.54) is 18.4 Å². The van der Waals surface area contributed by atoms with Crippen LogP contribution >= 0.6 is 0 Å². The average molecular weight is 235 g/mol. The summed E-state index contributed by atoms with van der Waals surface area (Å²) in [6.07, 6.45) is 2.64. The minimum Gasteiger partial charge on any atom is -0.468 e. The second-order valence-electron chi connectivity index (χ2n) is 4.50. The Labute approximate surface area is 103 Å². The van der Waals surface area contributed by atoms with Gasteiger partial charge in [0.1, 0.15) is 5.75 Å². The van der Waals surface area contributed by atoms with Gasteiger partial charge in [0.25, 0.3) is 0 Å². The molecule has 0 saturated heterocycles. The van der Waals surface area contributed by atoms with E-state index in [4.69, 9.17) is 9.47 Å². The highest BCUT2D eigenvalue weighted by molar-refractivity contribution is 5.28. The lowest BCUT2D eigenvalue weighted by molar-refractivity contribution is 0.00994. The number of nitrogens with one attached hydrogen (secondary N) is 1. The maximum atomic E-state index is 5.55. The molecule has 0 aromatic heterocycles. The molecule has 1 aliphatic rings. The molecule has 1 fully saturated rings. The highest BCUT2D eigenvalue weighted by atomic mass is 16.7. The third-order valence-corrected chi connectivity index (χ3v) is 2.84. The van der Waals surface area contributed by atoms with Crippen molar-refractivity contribution in [3.8, 4) is 5.75 Å². The van der Waals surface area contributed by atoms with E-state index in [0.717, 1.165) is 31.4 Å². The molecule has 94 valence electrons. The lowest BCUT2D eigenvalue weighted by Crippen LogP contribution is -2.11. The number of hydrogen-bond donors (Lipinski definition) is 1. The summed E-state index contributed by atoms with van der Waals surface area (Å²) < 4.78 is 11.0. The molecule has 0 bridgehead atoms. The van der Waals surface area contributed by atoms with E-state index in [2.05, 4.69) is 24.4 Å². The van der Waals surface area contributed by atoms with Crippen molar-refractivity contribution in [3.63, 3.8) is 0 Å². The summed E-state index contributed by atoms with van der Waals surface area (Å²) in [5.74, 6) is 1.68. The minimum absolute atomic E-state index is 0.362. The largest absolute Gasteiger partial charge is 0.468 e. The first-order valence-corrected chi connectivity index (χ1v) is 6.38. The van der Waals surface area contributed by atoms with E-state index in [-0.39, 0.29) is 0 Å². The Kier molecular flexibility index (Phi) is 4.83. The number of hydrogen-bond acceptors (Lipinski definition) is 3. The van der Waals surface area contributed by atoms with E-state index in [0.29, 0.717) is 6.79 Å². The van der Waals surface area contributed by atoms with Crippen LogP contribution < -0.4 is 10.1 Å². The molecule has 1 aromatic carbocycles. The Morgan fingerprint density at radius 2 is 2.24 bits per heavy atom. The Morgan fingerprint density at radius 1 is 1.35 bits per heavy atom. The van der Waals surface area contributed by atoms with E-state index in [1.54, 1.807) is 0 Å². The molecular formula is C14H21NO2. The van der Waals surface area contributed by atoms with Crippen LogP contribution in [0, 0.1) is 5.92 Å². The van der Waals surface area contributed by atoms with Gasteiger partial charge in [-0.2, -0.15) is 0 Å². The van der Waals surface area contributed by atoms with E-state index >= 15 is 0 Å². The fourth-order valence-corrected chi connectivity index (χ4v) is 1.62. The van der Waals surface area contributed by atoms with Crippen LogP contribution in [-0.2, 0) is 11.3 Å². The zero-order valence-corrected chi connectivity index (χ0v) is 10.4. The topological polar surface area (TPSA) is 30.5 Å². The SMILES string of the molecule is CCNCc1cccc(OCOCC2CC2)c1. The van der Waals surface area contributed by atoms with Gasteiger partial charge in [0, 0.05) is 6.54 Å². The van der Waals surface area contributed by atoms with Crippen LogP contribution in [0.4, 0.5) is 0 Å². The van der Waals surface area contributed by atoms with Crippen molar-refractivity contribution in [2.45, 2.75) is 26.3 Å². The fourth-order valence-electron chi connectivity index (χ4n) is 1.62. The lowest BCUT2D eigenvalue weighted by atomic mass is 10.2. The van der Waals surface area contributed by atoms with Gasteiger partial charge in [-0.1, -0.05) is 19.1 Å². The second kappa shape index (κ2) is 6.62. The van der Waals surface area contributed by atoms with Crippen LogP contribution in [0.3, 0.4) is 0 Å². The standard InChI is InChI=1S/C14H21NO2/c1-2-15-9-13-4-3-5-14(8-13)17-11-16-10-12-6-7-12/h3-5,8,12,15H,2,6-7,9-11H2,1H3. The van der Waals surface area contributed by atoms with E-state index in [1.807, 2.05) is 12.1 Å². The maximum absolute atomic E-state index is 5.55. The van der Waals surface area contributed by atoms with Crippen LogP contribution in [0.5, 0.6) is 5.75 Å². The summed E-state index contributed by atoms with van der Waals surface area (Å²) in [6, 6.07) is 8.14. The summed E-state index contributed by atoms with van der Waals surface area (Å²) in [5, 5.41) is 3.30. The van der Waals surface area contributed by atoms with Gasteiger partial charge >= 0.3 is 0 Å². The van der Waals surface area contributed by atoms with Crippen LogP contribution in [0.1, 0.15) is 25.3 Å². The molecule has 17 heavy (non-hydrogen) atoms. The Morgan fingerprint density at radius 3 is 3.00 bits per heavy atom. The van der Waals surface area contributed by atoms with Gasteiger partial charge in [0.05, 0.1) is 6.61 Å². The van der Waals surface area contributed by atoms with Crippen molar-refractivity contribution >= 4 is 0 Å². The highest BCUT2D eigenvalue weighted by Gasteiger charge is 2.20. The smallest absolute Gasteiger partial charge is 0.189 e. The number of rotatable bonds is 8. The number of benzene rings is 1. The molecule has 0 amide bonds. The summed E-state index contributed by atoms with van der Waals surface area (Å²) in [6.45, 7) is 5.18. The van der Waals surface area contributed by atoms with Crippen molar-refractivity contribution in [2.24, 2.45) is 5.92 Å². The van der Waals surface area contributed by atoms with Gasteiger partial charge in [-0.05, 0) is 43.0 Å². The van der Waals surface area contributed by atoms with Crippen molar-refractivity contribution in [2.75, 3.05) is 19.9 Å². The molecule has 0 radical (unpaired) electrons. The van der Waals surface area contributed by atoms with Crippen molar-refractivity contribution in [1.82, 2.24) is 5.32 Å². The molecule has 1 saturated carbocycles. The van der Waals surface area contributed by atoms with Crippen LogP contribution in [0.2, 0.25) is 0 Å². The van der Waals surface area contributed by atoms with E-state index < -0.39 is 0 Å². The van der Waals surface area contributed by atoms with Crippen molar-refractivity contribution < 1.29 is 9.47 Å². The first-order valence-electron chi connectivity index (χ1n) is 6.38. The summed E-state index contributed by atoms with van der Waals surface area (Å²) in [7, 11) is 0. The Bertz CT molecular complexity index is 337. The molecule has 3 nitrogen and oxygen atoms in total. The van der Waals surface area contributed by atoms with Crippen LogP contribution in [-0.4, -0.2) is 19.9 Å². The zero-order valence-electron chi connectivity index (χ0n) is 10.4. The van der Waals surface area contributed by atoms with Gasteiger partial charge in [0.2, 0.25) is 0 Å². The van der Waals surface area contributed by atoms with Gasteiger partial charge in [0.15, 0.2) is 6.79 Å². The second-order valence-corrected chi connectivity index (χ2v) is 4.50. The summed E-state index contributed by atoms with van der Waals surface area (Å²) in [5.41, 5.74) is 1.24. The molecule has 2 rings (SSSR count). The predicted octanol–water partition coefficient (Wildman–Crippen LogP) is 2.56. The monoisotopic (exact) mass is 235 g/mol. The molecular weight excluding hydrogens is 214 g/mol. The molecule has 0 unspecified atom stereocenters. The quantitative estimate of drug-likeness (QED) is 0.555. The zero-order chi connectivity index (χ0) is 11.9. The lowest BCUT2D eigenvalue weighted by Gasteiger charge is -2.08. The van der Waals surface area contributed by atoms with Crippen LogP contribution in [0.15, 0.2) is 24.3 Å². The highest BCUT2D eigenvalue weighted by Crippen LogP contribution is 2.28. The first-order chi connectivity index (χ1) is 8.38. The van der Waals surface area contributed by atoms with Gasteiger partial charge in [-0.15, -0.1) is 0 Å². The van der Waals surface area contributed by atoms with Gasteiger partial charge in [-0.25, -0.2) is 0 Å². The Balaban J connectivity index is 1.70.